The number of hydrogen-bond donors (Lipinski definition) is 10. The molecule has 13 heteroatoms. The molecule has 37 heavy (non-hydrogen) atoms. The summed E-state index contributed by atoms with van der Waals surface area (Å²) < 4.78 is 0. The zero-order chi connectivity index (χ0) is 28.1. The topological polar surface area (TPSA) is 245 Å². The van der Waals surface area contributed by atoms with Crippen LogP contribution < -0.4 is 16.4 Å². The average Bonchev–Trinajstić information content (AvgIpc) is 3.28. The lowest BCUT2D eigenvalue weighted by Gasteiger charge is -2.24. The highest BCUT2D eigenvalue weighted by Gasteiger charge is 2.30. The number of carboxylic acid groups (broad SMARTS) is 2. The van der Waals surface area contributed by atoms with Gasteiger partial charge in [0.15, 0.2) is 6.04 Å². The van der Waals surface area contributed by atoms with E-state index in [9.17, 15) is 39.9 Å². The molecule has 0 aliphatic rings. The Balaban J connectivity index is 0.000000448. The molecule has 1 heterocycles. The third kappa shape index (κ3) is 10.4. The number of hydrogen-bond acceptors (Lipinski definition) is 7. The standard InChI is InChI=1S/C16H19N3O5.C8H19NO4/c17-11(15(21)22)5-6-14(20)19-13(16(23)24)7-9-8-18-12-4-2-1-3-10(9)12;1-3-5(10)7(12)8(13)6(11)4-9-2/h1-4,8,11,13,18H,5-7,17H2,(H,19,20)(H,21,22)(H,23,24);5-13H,3-4H2,1-2H3/p+2/t11-,13-;5-,6+,7-,8-/m11/s1. The van der Waals surface area contributed by atoms with Gasteiger partial charge in [-0.05, 0) is 18.1 Å². The van der Waals surface area contributed by atoms with Gasteiger partial charge in [0.05, 0.1) is 13.2 Å². The van der Waals surface area contributed by atoms with E-state index in [0.29, 0.717) is 13.0 Å². The molecule has 0 fully saturated rings. The Hall–Kier alpha value is -3.07. The molecule has 0 saturated carbocycles. The number of aliphatic hydroxyl groups is 4. The molecule has 0 bridgehead atoms. The lowest BCUT2D eigenvalue weighted by Crippen LogP contribution is -2.83. The molecule has 208 valence electrons. The van der Waals surface area contributed by atoms with E-state index in [1.165, 1.54) is 0 Å². The van der Waals surface area contributed by atoms with Gasteiger partial charge in [0.25, 0.3) is 0 Å². The number of likely N-dealkylation sites (N-methyl/N-ethyl adjacent to an activating group) is 1. The van der Waals surface area contributed by atoms with E-state index in [-0.39, 0.29) is 19.3 Å². The molecular formula is C24H40N4O9+2. The van der Waals surface area contributed by atoms with Crippen LogP contribution >= 0.6 is 0 Å². The van der Waals surface area contributed by atoms with E-state index < -0.39 is 54.3 Å². The van der Waals surface area contributed by atoms with Crippen LogP contribution in [-0.4, -0.2) is 104 Å². The Bertz CT molecular complexity index is 1000. The Kier molecular flexibility index (Phi) is 13.7. The first-order valence-corrected chi connectivity index (χ1v) is 12.1. The van der Waals surface area contributed by atoms with Gasteiger partial charge in [0.1, 0.15) is 30.9 Å². The van der Waals surface area contributed by atoms with Crippen LogP contribution in [0.1, 0.15) is 31.7 Å². The Labute approximate surface area is 214 Å². The molecule has 2 aromatic rings. The van der Waals surface area contributed by atoms with Crippen molar-refractivity contribution in [3.8, 4) is 0 Å². The summed E-state index contributed by atoms with van der Waals surface area (Å²) in [6.45, 7) is 1.99. The van der Waals surface area contributed by atoms with Crippen LogP contribution in [0, 0.1) is 0 Å². The van der Waals surface area contributed by atoms with Crippen LogP contribution in [0.4, 0.5) is 0 Å². The molecule has 1 amide bonds. The number of aliphatic carboxylic acids is 2. The quantitative estimate of drug-likeness (QED) is 0.118. The number of carbonyl (C=O) groups is 3. The second-order valence-corrected chi connectivity index (χ2v) is 8.76. The molecule has 1 aromatic heterocycles. The van der Waals surface area contributed by atoms with Gasteiger partial charge in [0, 0.05) is 36.4 Å². The van der Waals surface area contributed by atoms with Crippen LogP contribution in [-0.2, 0) is 20.8 Å². The van der Waals surface area contributed by atoms with Crippen molar-refractivity contribution in [3.63, 3.8) is 0 Å². The van der Waals surface area contributed by atoms with Gasteiger partial charge >= 0.3 is 11.9 Å². The minimum absolute atomic E-state index is 0.0561. The highest BCUT2D eigenvalue weighted by Crippen LogP contribution is 2.19. The number of amides is 1. The minimum Gasteiger partial charge on any atom is -0.480 e. The van der Waals surface area contributed by atoms with Crippen LogP contribution in [0.5, 0.6) is 0 Å². The Morgan fingerprint density at radius 1 is 1.03 bits per heavy atom. The number of quaternary nitrogens is 2. The van der Waals surface area contributed by atoms with E-state index in [0.717, 1.165) is 16.5 Å². The van der Waals surface area contributed by atoms with Crippen molar-refractivity contribution in [1.29, 1.82) is 0 Å². The summed E-state index contributed by atoms with van der Waals surface area (Å²) in [5.41, 5.74) is 5.10. The van der Waals surface area contributed by atoms with Gasteiger partial charge in [-0.2, -0.15) is 0 Å². The van der Waals surface area contributed by atoms with E-state index >= 15 is 0 Å². The molecule has 13 N–H and O–H groups in total. The van der Waals surface area contributed by atoms with Gasteiger partial charge in [0.2, 0.25) is 5.91 Å². The summed E-state index contributed by atoms with van der Waals surface area (Å²) in [6, 6.07) is 5.51. The van der Waals surface area contributed by atoms with Crippen LogP contribution in [0.3, 0.4) is 0 Å². The fourth-order valence-electron chi connectivity index (χ4n) is 3.49. The Morgan fingerprint density at radius 3 is 2.22 bits per heavy atom. The van der Waals surface area contributed by atoms with Crippen molar-refractivity contribution in [2.75, 3.05) is 13.6 Å². The third-order valence-electron chi connectivity index (χ3n) is 5.84. The number of aromatic nitrogens is 1. The van der Waals surface area contributed by atoms with Crippen LogP contribution in [0.15, 0.2) is 30.5 Å². The smallest absolute Gasteiger partial charge is 0.362 e. The monoisotopic (exact) mass is 528 g/mol. The van der Waals surface area contributed by atoms with Gasteiger partial charge in [-0.15, -0.1) is 0 Å². The van der Waals surface area contributed by atoms with Gasteiger partial charge in [-0.3, -0.25) is 4.79 Å². The first kappa shape index (κ1) is 32.0. The molecule has 0 saturated heterocycles. The van der Waals surface area contributed by atoms with Crippen molar-refractivity contribution >= 4 is 28.7 Å². The van der Waals surface area contributed by atoms with Gasteiger partial charge < -0.3 is 52.0 Å². The zero-order valence-corrected chi connectivity index (χ0v) is 21.1. The molecule has 1 aromatic carbocycles. The summed E-state index contributed by atoms with van der Waals surface area (Å²) in [5, 5.41) is 60.2. The second kappa shape index (κ2) is 15.9. The number of rotatable bonds is 14. The maximum Gasteiger partial charge on any atom is 0.362 e. The Morgan fingerprint density at radius 2 is 1.65 bits per heavy atom. The van der Waals surface area contributed by atoms with E-state index in [1.807, 2.05) is 24.3 Å². The number of aliphatic hydroxyl groups excluding tert-OH is 4. The first-order valence-electron chi connectivity index (χ1n) is 12.1. The zero-order valence-electron chi connectivity index (χ0n) is 21.1. The number of para-hydroxylation sites is 1. The highest BCUT2D eigenvalue weighted by molar-refractivity contribution is 5.87. The molecule has 6 atom stereocenters. The molecule has 13 nitrogen and oxygen atoms in total. The number of carbonyl (C=O) groups excluding carboxylic acids is 1. The van der Waals surface area contributed by atoms with E-state index in [4.69, 9.17) is 5.11 Å². The summed E-state index contributed by atoms with van der Waals surface area (Å²) >= 11 is 0. The maximum atomic E-state index is 11.9. The van der Waals surface area contributed by atoms with Gasteiger partial charge in [-0.25, -0.2) is 9.59 Å². The molecule has 0 aliphatic carbocycles. The maximum absolute atomic E-state index is 11.9. The molecule has 0 aliphatic heterocycles. The normalized spacial score (nSPS) is 16.0. The van der Waals surface area contributed by atoms with Crippen LogP contribution in [0.25, 0.3) is 10.9 Å². The van der Waals surface area contributed by atoms with Crippen molar-refractivity contribution < 1.29 is 56.1 Å². The molecule has 0 spiro atoms. The third-order valence-corrected chi connectivity index (χ3v) is 5.84. The van der Waals surface area contributed by atoms with Crippen molar-refractivity contribution in [3.05, 3.63) is 36.0 Å². The predicted molar refractivity (Wildman–Crippen MR) is 132 cm³/mol. The molecular weight excluding hydrogens is 488 g/mol. The number of fused-ring (bicyclic) bond motifs is 1. The fraction of sp³-hybridized carbons (Fsp3) is 0.542. The molecule has 0 radical (unpaired) electrons. The number of nitrogens with one attached hydrogen (secondary N) is 2. The SMILES string of the molecule is CC[C@@H](O)[C@@H](O)[C@H](O)[C@@H](O)C[NH2+]C.[NH3+][C@H](CCC(=O)N[C@H](Cc1c[nH]c2ccccc12)C(=O)O)C(=O)O. The van der Waals surface area contributed by atoms with E-state index in [1.54, 1.807) is 25.5 Å². The number of H-pyrrole nitrogens is 1. The lowest BCUT2D eigenvalue weighted by molar-refractivity contribution is -0.635. The average molecular weight is 529 g/mol. The van der Waals surface area contributed by atoms with Gasteiger partial charge in [-0.1, -0.05) is 25.1 Å². The summed E-state index contributed by atoms with van der Waals surface area (Å²) in [5.74, 6) is -2.73. The lowest BCUT2D eigenvalue weighted by atomic mass is 10.0. The van der Waals surface area contributed by atoms with Crippen molar-refractivity contribution in [1.82, 2.24) is 10.3 Å². The largest absolute Gasteiger partial charge is 0.480 e. The van der Waals surface area contributed by atoms with Crippen molar-refractivity contribution in [2.24, 2.45) is 0 Å². The summed E-state index contributed by atoms with van der Waals surface area (Å²) in [6.07, 6.45) is -2.38. The minimum atomic E-state index is -1.29. The van der Waals surface area contributed by atoms with E-state index in [2.05, 4.69) is 16.0 Å². The summed E-state index contributed by atoms with van der Waals surface area (Å²) in [7, 11) is 1.75. The molecule has 0 unspecified atom stereocenters. The van der Waals surface area contributed by atoms with Crippen LogP contribution in [0.2, 0.25) is 0 Å². The number of nitrogens with two attached hydrogens (primary N) is 1. The molecule has 2 rings (SSSR count). The number of carboxylic acids is 2. The second-order valence-electron chi connectivity index (χ2n) is 8.76. The fourth-order valence-corrected chi connectivity index (χ4v) is 3.49. The summed E-state index contributed by atoms with van der Waals surface area (Å²) in [4.78, 5) is 37.0. The first-order chi connectivity index (χ1) is 17.4. The number of aromatic amines is 1. The van der Waals surface area contributed by atoms with Crippen molar-refractivity contribution in [2.45, 2.75) is 69.1 Å². The predicted octanol–water partition coefficient (Wildman–Crippen LogP) is -3.21. The highest BCUT2D eigenvalue weighted by atomic mass is 16.4. The number of benzene rings is 1.